The first-order valence-corrected chi connectivity index (χ1v) is 16.5. The zero-order valence-corrected chi connectivity index (χ0v) is 27.6. The van der Waals surface area contributed by atoms with Crippen molar-refractivity contribution in [2.45, 2.75) is 84.2 Å². The normalized spacial score (nSPS) is 24.9. The number of methoxy groups -OCH3 is 1. The number of nitrogens with two attached hydrogens (primary N) is 1. The van der Waals surface area contributed by atoms with Gasteiger partial charge in [0.25, 0.3) is 5.91 Å². The summed E-state index contributed by atoms with van der Waals surface area (Å²) < 4.78 is 20.1. The molecule has 46 heavy (non-hydrogen) atoms. The van der Waals surface area contributed by atoms with E-state index in [1.54, 1.807) is 13.3 Å². The Bertz CT molecular complexity index is 1590. The Balaban J connectivity index is 1.49. The monoisotopic (exact) mass is 633 g/mol. The van der Waals surface area contributed by atoms with Gasteiger partial charge in [-0.15, -0.1) is 0 Å². The van der Waals surface area contributed by atoms with Crippen molar-refractivity contribution >= 4 is 28.7 Å². The molecule has 0 aliphatic carbocycles. The SMILES string of the molecule is CCn1c(-c2cccnc2[C@H](C)OC)c2c3nc(ccc31)N1CCO[C@@H](C[C@H](N)C(=O)N3CCC[C@H](N3)C(=O)OCC(C)(C)C2)C1. The standard InChI is InChI=1S/C34H47N7O5/c1-6-40-27-11-12-28-37-30(27)24(31(40)23-9-7-13-36-29(23)21(2)44-5)18-34(3,4)20-46-33(43)26-10-8-14-41(38-26)32(42)25(35)17-22-19-39(28)15-16-45-22/h7,9,11-13,21-22,25-26,38H,6,8,10,14-20,35H2,1-5H3/t21-,22-,25-,26-/m0/s1. The highest BCUT2D eigenvalue weighted by Crippen LogP contribution is 2.40. The fourth-order valence-electron chi connectivity index (χ4n) is 6.98. The van der Waals surface area contributed by atoms with Crippen molar-refractivity contribution in [1.29, 1.82) is 0 Å². The van der Waals surface area contributed by atoms with Crippen molar-refractivity contribution in [2.24, 2.45) is 11.1 Å². The summed E-state index contributed by atoms with van der Waals surface area (Å²) in [7, 11) is 1.70. The number of fused-ring (bicyclic) bond motifs is 6. The van der Waals surface area contributed by atoms with Crippen molar-refractivity contribution in [3.05, 3.63) is 41.7 Å². The molecule has 12 nitrogen and oxygen atoms in total. The van der Waals surface area contributed by atoms with Crippen molar-refractivity contribution < 1.29 is 23.8 Å². The molecule has 0 unspecified atom stereocenters. The van der Waals surface area contributed by atoms with Crippen LogP contribution in [0.15, 0.2) is 30.5 Å². The Morgan fingerprint density at radius 3 is 2.83 bits per heavy atom. The van der Waals surface area contributed by atoms with E-state index in [2.05, 4.69) is 53.9 Å². The Labute approximate surface area is 270 Å². The number of ether oxygens (including phenoxy) is 3. The molecule has 12 heteroatoms. The van der Waals surface area contributed by atoms with Gasteiger partial charge in [-0.1, -0.05) is 13.8 Å². The molecule has 4 atom stereocenters. The molecule has 6 bridgehead atoms. The largest absolute Gasteiger partial charge is 0.464 e. The van der Waals surface area contributed by atoms with Gasteiger partial charge in [0.2, 0.25) is 0 Å². The van der Waals surface area contributed by atoms with Crippen LogP contribution in [0.25, 0.3) is 22.3 Å². The van der Waals surface area contributed by atoms with E-state index in [0.717, 1.165) is 45.9 Å². The predicted molar refractivity (Wildman–Crippen MR) is 175 cm³/mol. The number of morpholine rings is 1. The van der Waals surface area contributed by atoms with Gasteiger partial charge in [-0.3, -0.25) is 19.6 Å². The van der Waals surface area contributed by atoms with Gasteiger partial charge in [-0.25, -0.2) is 10.4 Å². The fraction of sp³-hybridized carbons (Fsp3) is 0.588. The van der Waals surface area contributed by atoms with Gasteiger partial charge in [0.15, 0.2) is 0 Å². The highest BCUT2D eigenvalue weighted by molar-refractivity contribution is 5.91. The lowest BCUT2D eigenvalue weighted by molar-refractivity contribution is -0.155. The second-order valence-corrected chi connectivity index (χ2v) is 13.5. The zero-order valence-electron chi connectivity index (χ0n) is 27.6. The molecular weight excluding hydrogens is 586 g/mol. The number of aryl methyl sites for hydroxylation is 1. The minimum atomic E-state index is -0.767. The number of aromatic nitrogens is 3. The van der Waals surface area contributed by atoms with E-state index in [-0.39, 0.29) is 30.7 Å². The van der Waals surface area contributed by atoms with Crippen LogP contribution < -0.4 is 16.1 Å². The molecule has 0 aromatic carbocycles. The number of amides is 1. The number of hydrogen-bond acceptors (Lipinski definition) is 10. The average Bonchev–Trinajstić information content (AvgIpc) is 3.37. The molecule has 3 aliphatic heterocycles. The number of nitrogens with one attached hydrogen (secondary N) is 1. The third-order valence-corrected chi connectivity index (χ3v) is 9.43. The molecule has 3 aliphatic rings. The lowest BCUT2D eigenvalue weighted by Crippen LogP contribution is -2.59. The lowest BCUT2D eigenvalue weighted by atomic mass is 9.85. The zero-order chi connectivity index (χ0) is 32.6. The second kappa shape index (κ2) is 13.3. The molecule has 1 amide bonds. The van der Waals surface area contributed by atoms with Crippen LogP contribution in [0, 0.1) is 5.41 Å². The van der Waals surface area contributed by atoms with Gasteiger partial charge >= 0.3 is 5.97 Å². The van der Waals surface area contributed by atoms with Crippen LogP contribution in [0.5, 0.6) is 0 Å². The van der Waals surface area contributed by atoms with Crippen LogP contribution in [-0.4, -0.2) is 89.6 Å². The molecule has 0 saturated carbocycles. The fourth-order valence-corrected chi connectivity index (χ4v) is 6.98. The number of hydrogen-bond donors (Lipinski definition) is 2. The summed E-state index contributed by atoms with van der Waals surface area (Å²) in [4.78, 5) is 39.0. The number of nitrogens with zero attached hydrogens (tertiary/aromatic N) is 5. The number of esters is 1. The quantitative estimate of drug-likeness (QED) is 0.412. The van der Waals surface area contributed by atoms with Crippen molar-refractivity contribution in [1.82, 2.24) is 25.0 Å². The summed E-state index contributed by atoms with van der Waals surface area (Å²) in [6, 6.07) is 6.90. The van der Waals surface area contributed by atoms with E-state index < -0.39 is 17.5 Å². The van der Waals surface area contributed by atoms with E-state index in [4.69, 9.17) is 29.9 Å². The number of cyclic esters (lactones) is 1. The predicted octanol–water partition coefficient (Wildman–Crippen LogP) is 3.37. The number of rotatable bonds is 4. The van der Waals surface area contributed by atoms with Gasteiger partial charge in [-0.05, 0) is 63.8 Å². The van der Waals surface area contributed by atoms with E-state index in [1.165, 1.54) is 5.01 Å². The van der Waals surface area contributed by atoms with Crippen LogP contribution in [0.1, 0.15) is 64.3 Å². The molecule has 3 aromatic rings. The first-order chi connectivity index (χ1) is 22.1. The number of carbonyl (C=O) groups is 2. The van der Waals surface area contributed by atoms with Crippen molar-refractivity contribution in [2.75, 3.05) is 44.9 Å². The highest BCUT2D eigenvalue weighted by atomic mass is 16.5. The molecule has 2 fully saturated rings. The summed E-state index contributed by atoms with van der Waals surface area (Å²) in [5, 5.41) is 1.49. The molecule has 248 valence electrons. The molecule has 0 spiro atoms. The Morgan fingerprint density at radius 2 is 2.04 bits per heavy atom. The maximum absolute atomic E-state index is 13.3. The summed E-state index contributed by atoms with van der Waals surface area (Å²) >= 11 is 0. The first kappa shape index (κ1) is 32.4. The van der Waals surface area contributed by atoms with E-state index in [0.29, 0.717) is 51.9 Å². The summed E-state index contributed by atoms with van der Waals surface area (Å²) in [5.74, 6) is 0.241. The van der Waals surface area contributed by atoms with Crippen molar-refractivity contribution in [3.63, 3.8) is 0 Å². The van der Waals surface area contributed by atoms with Crippen LogP contribution >= 0.6 is 0 Å². The summed E-state index contributed by atoms with van der Waals surface area (Å²) in [5.41, 5.74) is 15.0. The number of anilines is 1. The summed E-state index contributed by atoms with van der Waals surface area (Å²) in [6.07, 6.45) is 3.59. The smallest absolute Gasteiger partial charge is 0.324 e. The molecular formula is C34H47N7O5. The molecule has 3 aromatic heterocycles. The minimum absolute atomic E-state index is 0.203. The van der Waals surface area contributed by atoms with Crippen molar-refractivity contribution in [3.8, 4) is 11.3 Å². The number of carbonyl (C=O) groups excluding carboxylic acids is 2. The van der Waals surface area contributed by atoms with Crippen LogP contribution in [-0.2, 0) is 36.8 Å². The highest BCUT2D eigenvalue weighted by Gasteiger charge is 2.35. The Hall–Kier alpha value is -3.58. The molecule has 3 N–H and O–H groups in total. The van der Waals surface area contributed by atoms with Gasteiger partial charge in [0, 0.05) is 56.0 Å². The average molecular weight is 634 g/mol. The van der Waals surface area contributed by atoms with E-state index >= 15 is 0 Å². The third-order valence-electron chi connectivity index (χ3n) is 9.43. The number of pyridine rings is 2. The second-order valence-electron chi connectivity index (χ2n) is 13.5. The van der Waals surface area contributed by atoms with Crippen LogP contribution in [0.4, 0.5) is 5.82 Å². The lowest BCUT2D eigenvalue weighted by Gasteiger charge is -2.37. The molecule has 2 saturated heterocycles. The summed E-state index contributed by atoms with van der Waals surface area (Å²) in [6.45, 7) is 11.6. The van der Waals surface area contributed by atoms with Gasteiger partial charge in [0.1, 0.15) is 11.9 Å². The Kier molecular flexibility index (Phi) is 9.33. The van der Waals surface area contributed by atoms with Gasteiger partial charge < -0.3 is 29.4 Å². The topological polar surface area (TPSA) is 137 Å². The molecule has 0 radical (unpaired) electrons. The van der Waals surface area contributed by atoms with Gasteiger partial charge in [0.05, 0.1) is 53.9 Å². The van der Waals surface area contributed by atoms with Crippen LogP contribution in [0.2, 0.25) is 0 Å². The maximum Gasteiger partial charge on any atom is 0.324 e. The third kappa shape index (κ3) is 6.35. The van der Waals surface area contributed by atoms with E-state index in [9.17, 15) is 9.59 Å². The van der Waals surface area contributed by atoms with Gasteiger partial charge in [-0.2, -0.15) is 0 Å². The molecule has 6 rings (SSSR count). The Morgan fingerprint density at radius 1 is 1.22 bits per heavy atom. The minimum Gasteiger partial charge on any atom is -0.464 e. The first-order valence-electron chi connectivity index (χ1n) is 16.5. The molecule has 6 heterocycles. The van der Waals surface area contributed by atoms with Crippen LogP contribution in [0.3, 0.4) is 0 Å². The van der Waals surface area contributed by atoms with E-state index in [1.807, 2.05) is 13.0 Å². The maximum atomic E-state index is 13.3. The number of hydrazine groups is 1.